The van der Waals surface area contributed by atoms with E-state index in [1.54, 1.807) is 0 Å². The lowest BCUT2D eigenvalue weighted by molar-refractivity contribution is -0.128. The largest absolute Gasteiger partial charge is 0.383 e. The average Bonchev–Trinajstić information content (AvgIpc) is 2.20. The SMILES string of the molecule is CC(O)C(=O)N/N=C/c1ccc(Br)cc1. The molecule has 0 radical (unpaired) electrons. The average molecular weight is 271 g/mol. The van der Waals surface area contributed by atoms with Crippen molar-refractivity contribution in [3.8, 4) is 0 Å². The van der Waals surface area contributed by atoms with Crippen LogP contribution in [0.1, 0.15) is 12.5 Å². The van der Waals surface area contributed by atoms with Crippen LogP contribution in [0.4, 0.5) is 0 Å². The molecule has 0 heterocycles. The van der Waals surface area contributed by atoms with E-state index >= 15 is 0 Å². The zero-order chi connectivity index (χ0) is 11.3. The Hall–Kier alpha value is -1.20. The summed E-state index contributed by atoms with van der Waals surface area (Å²) in [6.07, 6.45) is 0.458. The number of aliphatic hydroxyl groups is 1. The van der Waals surface area contributed by atoms with Gasteiger partial charge in [0, 0.05) is 4.47 Å². The second kappa shape index (κ2) is 5.63. The summed E-state index contributed by atoms with van der Waals surface area (Å²) >= 11 is 3.31. The number of halogens is 1. The van der Waals surface area contributed by atoms with E-state index in [0.717, 1.165) is 10.0 Å². The summed E-state index contributed by atoms with van der Waals surface area (Å²) in [4.78, 5) is 10.9. The molecular weight excluding hydrogens is 260 g/mol. The van der Waals surface area contributed by atoms with E-state index in [9.17, 15) is 4.79 Å². The number of carbonyl (C=O) groups is 1. The molecule has 0 spiro atoms. The van der Waals surface area contributed by atoms with Gasteiger partial charge in [-0.1, -0.05) is 28.1 Å². The first-order valence-corrected chi connectivity index (χ1v) is 5.15. The van der Waals surface area contributed by atoms with E-state index in [1.807, 2.05) is 24.3 Å². The summed E-state index contributed by atoms with van der Waals surface area (Å²) in [5.74, 6) is -0.525. The van der Waals surface area contributed by atoms with E-state index in [1.165, 1.54) is 13.1 Å². The van der Waals surface area contributed by atoms with Gasteiger partial charge >= 0.3 is 0 Å². The molecule has 5 heteroatoms. The molecule has 15 heavy (non-hydrogen) atoms. The number of hydrogen-bond acceptors (Lipinski definition) is 3. The maximum Gasteiger partial charge on any atom is 0.268 e. The number of hydrogen-bond donors (Lipinski definition) is 2. The summed E-state index contributed by atoms with van der Waals surface area (Å²) < 4.78 is 0.979. The molecule has 1 amide bonds. The molecule has 4 nitrogen and oxygen atoms in total. The fourth-order valence-corrected chi connectivity index (χ4v) is 1.08. The first kappa shape index (κ1) is 11.9. The van der Waals surface area contributed by atoms with Gasteiger partial charge in [0.1, 0.15) is 6.10 Å². The summed E-state index contributed by atoms with van der Waals surface area (Å²) in [6.45, 7) is 1.38. The van der Waals surface area contributed by atoms with Crippen LogP contribution in [-0.4, -0.2) is 23.3 Å². The van der Waals surface area contributed by atoms with Gasteiger partial charge in [-0.05, 0) is 24.6 Å². The molecule has 1 rings (SSSR count). The standard InChI is InChI=1S/C10H11BrN2O2/c1-7(14)10(15)13-12-6-8-2-4-9(11)5-3-8/h2-7,14H,1H3,(H,13,15)/b12-6+. The van der Waals surface area contributed by atoms with Crippen LogP contribution >= 0.6 is 15.9 Å². The van der Waals surface area contributed by atoms with Crippen LogP contribution in [0.3, 0.4) is 0 Å². The van der Waals surface area contributed by atoms with Crippen LogP contribution in [0.5, 0.6) is 0 Å². The number of aliphatic hydroxyl groups excluding tert-OH is 1. The Morgan fingerprint density at radius 2 is 2.13 bits per heavy atom. The number of benzene rings is 1. The van der Waals surface area contributed by atoms with Gasteiger partial charge in [0.05, 0.1) is 6.21 Å². The molecule has 1 aromatic carbocycles. The van der Waals surface area contributed by atoms with Crippen LogP contribution in [0.2, 0.25) is 0 Å². The fraction of sp³-hybridized carbons (Fsp3) is 0.200. The highest BCUT2D eigenvalue weighted by Gasteiger charge is 2.05. The van der Waals surface area contributed by atoms with Gasteiger partial charge in [-0.15, -0.1) is 0 Å². The van der Waals surface area contributed by atoms with Crippen molar-refractivity contribution in [3.05, 3.63) is 34.3 Å². The quantitative estimate of drug-likeness (QED) is 0.642. The molecular formula is C10H11BrN2O2. The molecule has 80 valence electrons. The van der Waals surface area contributed by atoms with E-state index in [4.69, 9.17) is 5.11 Å². The number of nitrogens with zero attached hydrogens (tertiary/aromatic N) is 1. The topological polar surface area (TPSA) is 61.7 Å². The molecule has 0 saturated carbocycles. The van der Waals surface area contributed by atoms with Gasteiger partial charge in [0.2, 0.25) is 0 Å². The minimum atomic E-state index is -1.05. The van der Waals surface area contributed by atoms with Gasteiger partial charge in [0.25, 0.3) is 5.91 Å². The number of amides is 1. The molecule has 0 saturated heterocycles. The third-order valence-corrected chi connectivity index (χ3v) is 2.17. The van der Waals surface area contributed by atoms with Crippen LogP contribution < -0.4 is 5.43 Å². The zero-order valence-corrected chi connectivity index (χ0v) is 9.73. The van der Waals surface area contributed by atoms with E-state index in [0.29, 0.717) is 0 Å². The van der Waals surface area contributed by atoms with Crippen molar-refractivity contribution in [2.45, 2.75) is 13.0 Å². The van der Waals surface area contributed by atoms with Crippen LogP contribution in [-0.2, 0) is 4.79 Å². The second-order valence-corrected chi connectivity index (χ2v) is 3.88. The highest BCUT2D eigenvalue weighted by molar-refractivity contribution is 9.10. The van der Waals surface area contributed by atoms with Crippen molar-refractivity contribution < 1.29 is 9.90 Å². The summed E-state index contributed by atoms with van der Waals surface area (Å²) in [7, 11) is 0. The summed E-state index contributed by atoms with van der Waals surface area (Å²) in [5, 5.41) is 12.6. The lowest BCUT2D eigenvalue weighted by Gasteiger charge is -2.00. The third-order valence-electron chi connectivity index (χ3n) is 1.64. The summed E-state index contributed by atoms with van der Waals surface area (Å²) in [5.41, 5.74) is 3.08. The predicted molar refractivity (Wildman–Crippen MR) is 61.6 cm³/mol. The molecule has 1 unspecified atom stereocenters. The first-order chi connectivity index (χ1) is 7.09. The van der Waals surface area contributed by atoms with Crippen molar-refractivity contribution >= 4 is 28.1 Å². The fourth-order valence-electron chi connectivity index (χ4n) is 0.813. The molecule has 0 aliphatic heterocycles. The van der Waals surface area contributed by atoms with Crippen LogP contribution in [0, 0.1) is 0 Å². The predicted octanol–water partition coefficient (Wildman–Crippen LogP) is 1.28. The van der Waals surface area contributed by atoms with Crippen molar-refractivity contribution in [1.29, 1.82) is 0 Å². The number of hydrazone groups is 1. The molecule has 0 bridgehead atoms. The van der Waals surface area contributed by atoms with E-state index in [2.05, 4.69) is 26.5 Å². The highest BCUT2D eigenvalue weighted by Crippen LogP contribution is 2.08. The smallest absolute Gasteiger partial charge is 0.268 e. The maximum atomic E-state index is 10.9. The lowest BCUT2D eigenvalue weighted by Crippen LogP contribution is -2.28. The normalized spacial score (nSPS) is 12.7. The van der Waals surface area contributed by atoms with Gasteiger partial charge < -0.3 is 5.11 Å². The molecule has 1 aromatic rings. The molecule has 0 aliphatic rings. The Morgan fingerprint density at radius 3 is 2.67 bits per heavy atom. The Morgan fingerprint density at radius 1 is 1.53 bits per heavy atom. The minimum absolute atomic E-state index is 0.525. The lowest BCUT2D eigenvalue weighted by atomic mass is 10.2. The zero-order valence-electron chi connectivity index (χ0n) is 8.14. The van der Waals surface area contributed by atoms with Crippen LogP contribution in [0.15, 0.2) is 33.8 Å². The number of carbonyl (C=O) groups excluding carboxylic acids is 1. The minimum Gasteiger partial charge on any atom is -0.383 e. The number of nitrogens with one attached hydrogen (secondary N) is 1. The van der Waals surface area contributed by atoms with Crippen LogP contribution in [0.25, 0.3) is 0 Å². The Bertz CT molecular complexity index is 360. The van der Waals surface area contributed by atoms with Crippen molar-refractivity contribution in [3.63, 3.8) is 0 Å². The van der Waals surface area contributed by atoms with Gasteiger partial charge in [0.15, 0.2) is 0 Å². The Kier molecular flexibility index (Phi) is 4.45. The van der Waals surface area contributed by atoms with Crippen molar-refractivity contribution in [2.75, 3.05) is 0 Å². The van der Waals surface area contributed by atoms with Gasteiger partial charge in [-0.25, -0.2) is 5.43 Å². The number of rotatable bonds is 3. The van der Waals surface area contributed by atoms with E-state index in [-0.39, 0.29) is 0 Å². The molecule has 0 fully saturated rings. The van der Waals surface area contributed by atoms with Crippen molar-refractivity contribution in [1.82, 2.24) is 5.43 Å². The Balaban J connectivity index is 2.51. The molecule has 0 aliphatic carbocycles. The molecule has 2 N–H and O–H groups in total. The molecule has 1 atom stereocenters. The van der Waals surface area contributed by atoms with Gasteiger partial charge in [-0.3, -0.25) is 4.79 Å². The maximum absolute atomic E-state index is 10.9. The summed E-state index contributed by atoms with van der Waals surface area (Å²) in [6, 6.07) is 7.44. The second-order valence-electron chi connectivity index (χ2n) is 2.96. The Labute approximate surface area is 96.1 Å². The van der Waals surface area contributed by atoms with E-state index < -0.39 is 12.0 Å². The first-order valence-electron chi connectivity index (χ1n) is 4.36. The molecule has 0 aromatic heterocycles. The third kappa shape index (κ3) is 4.22. The monoisotopic (exact) mass is 270 g/mol. The van der Waals surface area contributed by atoms with Gasteiger partial charge in [-0.2, -0.15) is 5.10 Å². The van der Waals surface area contributed by atoms with Crippen molar-refractivity contribution in [2.24, 2.45) is 5.10 Å². The highest BCUT2D eigenvalue weighted by atomic mass is 79.9.